The first-order valence-electron chi connectivity index (χ1n) is 5.91. The molecule has 0 aliphatic carbocycles. The van der Waals surface area contributed by atoms with Crippen LogP contribution < -0.4 is 10.1 Å². The zero-order valence-electron chi connectivity index (χ0n) is 10.7. The number of benzene rings is 1. The van der Waals surface area contributed by atoms with Crippen molar-refractivity contribution in [3.63, 3.8) is 0 Å². The van der Waals surface area contributed by atoms with E-state index in [9.17, 15) is 5.11 Å². The third-order valence-electron chi connectivity index (χ3n) is 2.47. The van der Waals surface area contributed by atoms with Crippen molar-refractivity contribution in [1.29, 1.82) is 0 Å². The lowest BCUT2D eigenvalue weighted by atomic mass is 10.3. The fraction of sp³-hybridized carbons (Fsp3) is 0.538. The lowest BCUT2D eigenvalue weighted by Crippen LogP contribution is -2.35. The number of hydrogen-bond donors (Lipinski definition) is 2. The number of ether oxygens (including phenoxy) is 2. The van der Waals surface area contributed by atoms with Gasteiger partial charge in [-0.1, -0.05) is 11.6 Å². The molecule has 4 nitrogen and oxygen atoms in total. The molecule has 0 aliphatic rings. The van der Waals surface area contributed by atoms with E-state index in [-0.39, 0.29) is 12.7 Å². The third kappa shape index (κ3) is 6.21. The molecule has 0 radical (unpaired) electrons. The minimum atomic E-state index is -0.551. The second kappa shape index (κ2) is 8.32. The van der Waals surface area contributed by atoms with Crippen LogP contribution in [-0.2, 0) is 4.74 Å². The first kappa shape index (κ1) is 15.2. The predicted octanol–water partition coefficient (Wildman–Crippen LogP) is 1.70. The molecule has 2 N–H and O–H groups in total. The number of hydrogen-bond acceptors (Lipinski definition) is 4. The molecule has 0 saturated carbocycles. The van der Waals surface area contributed by atoms with Crippen LogP contribution in [-0.4, -0.2) is 44.1 Å². The van der Waals surface area contributed by atoms with E-state index < -0.39 is 6.10 Å². The summed E-state index contributed by atoms with van der Waals surface area (Å²) in [5.74, 6) is 0.698. The molecule has 5 heteroatoms. The van der Waals surface area contributed by atoms with Gasteiger partial charge in [0.1, 0.15) is 18.5 Å². The van der Waals surface area contributed by atoms with Crippen LogP contribution in [0.2, 0.25) is 5.02 Å². The Morgan fingerprint density at radius 1 is 1.28 bits per heavy atom. The first-order chi connectivity index (χ1) is 8.61. The summed E-state index contributed by atoms with van der Waals surface area (Å²) in [5, 5.41) is 13.5. The summed E-state index contributed by atoms with van der Waals surface area (Å²) >= 11 is 5.76. The molecule has 0 aromatic heterocycles. The van der Waals surface area contributed by atoms with Gasteiger partial charge in [0, 0.05) is 25.2 Å². The Balaban J connectivity index is 2.16. The standard InChI is InChI=1S/C13H20ClNO3/c1-10(17-2)7-15-8-12(16)9-18-13-5-3-11(14)4-6-13/h3-6,10,12,15-16H,7-9H2,1-2H3. The highest BCUT2D eigenvalue weighted by Gasteiger charge is 2.06. The van der Waals surface area contributed by atoms with Crippen molar-refractivity contribution in [3.8, 4) is 5.75 Å². The molecule has 0 amide bonds. The molecular weight excluding hydrogens is 254 g/mol. The Bertz CT molecular complexity index is 332. The first-order valence-corrected chi connectivity index (χ1v) is 6.29. The Hall–Kier alpha value is -0.810. The summed E-state index contributed by atoms with van der Waals surface area (Å²) in [6, 6.07) is 7.05. The maximum absolute atomic E-state index is 9.70. The zero-order chi connectivity index (χ0) is 13.4. The molecular formula is C13H20ClNO3. The topological polar surface area (TPSA) is 50.7 Å². The SMILES string of the molecule is COC(C)CNCC(O)COc1ccc(Cl)cc1. The van der Waals surface area contributed by atoms with Crippen LogP contribution in [0.1, 0.15) is 6.92 Å². The van der Waals surface area contributed by atoms with Gasteiger partial charge in [-0.2, -0.15) is 0 Å². The average molecular weight is 274 g/mol. The summed E-state index contributed by atoms with van der Waals surface area (Å²) in [6.07, 6.45) is -0.417. The molecule has 0 aliphatic heterocycles. The van der Waals surface area contributed by atoms with Gasteiger partial charge in [0.25, 0.3) is 0 Å². The van der Waals surface area contributed by atoms with E-state index in [1.165, 1.54) is 0 Å². The van der Waals surface area contributed by atoms with E-state index in [4.69, 9.17) is 21.1 Å². The number of rotatable bonds is 8. The molecule has 0 heterocycles. The smallest absolute Gasteiger partial charge is 0.119 e. The number of methoxy groups -OCH3 is 1. The van der Waals surface area contributed by atoms with Gasteiger partial charge in [-0.15, -0.1) is 0 Å². The van der Waals surface area contributed by atoms with E-state index in [1.54, 1.807) is 31.4 Å². The lowest BCUT2D eigenvalue weighted by molar-refractivity contribution is 0.0904. The molecule has 18 heavy (non-hydrogen) atoms. The molecule has 0 spiro atoms. The van der Waals surface area contributed by atoms with Gasteiger partial charge in [0.2, 0.25) is 0 Å². The van der Waals surface area contributed by atoms with Crippen molar-refractivity contribution >= 4 is 11.6 Å². The quantitative estimate of drug-likeness (QED) is 0.757. The largest absolute Gasteiger partial charge is 0.491 e. The van der Waals surface area contributed by atoms with Gasteiger partial charge in [-0.3, -0.25) is 0 Å². The Kier molecular flexibility index (Phi) is 7.05. The highest BCUT2D eigenvalue weighted by molar-refractivity contribution is 6.30. The monoisotopic (exact) mass is 273 g/mol. The predicted molar refractivity (Wildman–Crippen MR) is 72.3 cm³/mol. The van der Waals surface area contributed by atoms with Gasteiger partial charge in [-0.25, -0.2) is 0 Å². The fourth-order valence-electron chi connectivity index (χ4n) is 1.32. The van der Waals surface area contributed by atoms with E-state index in [2.05, 4.69) is 5.32 Å². The molecule has 1 rings (SSSR count). The van der Waals surface area contributed by atoms with Crippen LogP contribution >= 0.6 is 11.6 Å². The van der Waals surface area contributed by atoms with Crippen LogP contribution in [0.25, 0.3) is 0 Å². The van der Waals surface area contributed by atoms with Crippen LogP contribution in [0.5, 0.6) is 5.75 Å². The highest BCUT2D eigenvalue weighted by Crippen LogP contribution is 2.15. The Morgan fingerprint density at radius 3 is 2.56 bits per heavy atom. The number of nitrogens with one attached hydrogen (secondary N) is 1. The maximum atomic E-state index is 9.70. The van der Waals surface area contributed by atoms with E-state index in [1.807, 2.05) is 6.92 Å². The molecule has 1 aromatic rings. The lowest BCUT2D eigenvalue weighted by Gasteiger charge is -2.15. The third-order valence-corrected chi connectivity index (χ3v) is 2.72. The second-order valence-corrected chi connectivity index (χ2v) is 4.56. The second-order valence-electron chi connectivity index (χ2n) is 4.12. The summed E-state index contributed by atoms with van der Waals surface area (Å²) < 4.78 is 10.5. The van der Waals surface area contributed by atoms with Crippen molar-refractivity contribution in [3.05, 3.63) is 29.3 Å². The van der Waals surface area contributed by atoms with Crippen molar-refractivity contribution in [1.82, 2.24) is 5.32 Å². The molecule has 2 unspecified atom stereocenters. The van der Waals surface area contributed by atoms with E-state index >= 15 is 0 Å². The summed E-state index contributed by atoms with van der Waals surface area (Å²) in [6.45, 7) is 3.38. The van der Waals surface area contributed by atoms with Crippen LogP contribution in [0.15, 0.2) is 24.3 Å². The minimum absolute atomic E-state index is 0.134. The van der Waals surface area contributed by atoms with Crippen LogP contribution in [0, 0.1) is 0 Å². The average Bonchev–Trinajstić information content (AvgIpc) is 2.38. The minimum Gasteiger partial charge on any atom is -0.491 e. The zero-order valence-corrected chi connectivity index (χ0v) is 11.5. The maximum Gasteiger partial charge on any atom is 0.119 e. The van der Waals surface area contributed by atoms with Crippen molar-refractivity contribution in [2.45, 2.75) is 19.1 Å². The molecule has 102 valence electrons. The molecule has 0 fully saturated rings. The van der Waals surface area contributed by atoms with Crippen molar-refractivity contribution in [2.75, 3.05) is 26.8 Å². The summed E-state index contributed by atoms with van der Waals surface area (Å²) in [4.78, 5) is 0. The molecule has 2 atom stereocenters. The normalized spacial score (nSPS) is 14.2. The van der Waals surface area contributed by atoms with Crippen molar-refractivity contribution in [2.24, 2.45) is 0 Å². The van der Waals surface area contributed by atoms with Gasteiger partial charge >= 0.3 is 0 Å². The molecule has 0 saturated heterocycles. The van der Waals surface area contributed by atoms with Crippen molar-refractivity contribution < 1.29 is 14.6 Å². The Morgan fingerprint density at radius 2 is 1.94 bits per heavy atom. The van der Waals surface area contributed by atoms with Gasteiger partial charge < -0.3 is 19.9 Å². The van der Waals surface area contributed by atoms with E-state index in [0.717, 1.165) is 0 Å². The van der Waals surface area contributed by atoms with Crippen LogP contribution in [0.3, 0.4) is 0 Å². The number of aliphatic hydroxyl groups excluding tert-OH is 1. The van der Waals surface area contributed by atoms with Gasteiger partial charge in [-0.05, 0) is 31.2 Å². The Labute approximate surface area is 113 Å². The molecule has 1 aromatic carbocycles. The van der Waals surface area contributed by atoms with E-state index in [0.29, 0.717) is 23.9 Å². The van der Waals surface area contributed by atoms with Gasteiger partial charge in [0.05, 0.1) is 6.10 Å². The highest BCUT2D eigenvalue weighted by atomic mass is 35.5. The van der Waals surface area contributed by atoms with Gasteiger partial charge in [0.15, 0.2) is 0 Å². The van der Waals surface area contributed by atoms with Crippen LogP contribution in [0.4, 0.5) is 0 Å². The number of aliphatic hydroxyl groups is 1. The fourth-order valence-corrected chi connectivity index (χ4v) is 1.44. The molecule has 0 bridgehead atoms. The summed E-state index contributed by atoms with van der Waals surface area (Å²) in [5.41, 5.74) is 0. The summed E-state index contributed by atoms with van der Waals surface area (Å²) in [7, 11) is 1.66. The number of halogens is 1.